The predicted octanol–water partition coefficient (Wildman–Crippen LogP) is 2.25. The maximum Gasteiger partial charge on any atom is 0.335 e. The maximum atomic E-state index is 14.8. The number of aliphatic carboxylic acids is 3. The van der Waals surface area contributed by atoms with Gasteiger partial charge in [0.05, 0.1) is 11.5 Å². The zero-order chi connectivity index (χ0) is 42.9. The molecule has 4 saturated carbocycles. The smallest absolute Gasteiger partial charge is 0.335 e. The van der Waals surface area contributed by atoms with Crippen molar-refractivity contribution in [3.63, 3.8) is 0 Å². The monoisotopic (exact) mass is 822 g/mol. The van der Waals surface area contributed by atoms with Gasteiger partial charge in [-0.15, -0.1) is 0 Å². The standard InChI is InChI=1S/C42H62O16/c1-37(2)21-8-11-42(7)31(20(43)16-18-19-17-39(4,36(53)54)13-12-38(19,3)14-15-41(18,42)6)40(21,5)10-9-22(37)55-35-30(26(47)25(46)29(57-35)33(51)52)58-34-27(48)23(44)24(45)28(56-34)32(49)50/h16,19,21-31,34-35,44-48H,8-15,17H2,1-7H3,(H,49,50)(H,51,52)(H,53,54)/t19-,21-,22-,23?,24-,25-,26?,27-,28?,29?,30-,31+,34-,35-,38+,39-,40-,41+,42+/m0/s1. The maximum absolute atomic E-state index is 14.8. The van der Waals surface area contributed by atoms with Crippen LogP contribution in [0.25, 0.3) is 0 Å². The summed E-state index contributed by atoms with van der Waals surface area (Å²) in [6.45, 7) is 14.8. The molecule has 0 bridgehead atoms. The Kier molecular flexibility index (Phi) is 10.7. The summed E-state index contributed by atoms with van der Waals surface area (Å²) < 4.78 is 23.4. The molecule has 8 N–H and O–H groups in total. The molecule has 2 heterocycles. The molecule has 16 nitrogen and oxygen atoms in total. The molecule has 7 rings (SSSR count). The molecule has 6 fully saturated rings. The van der Waals surface area contributed by atoms with Gasteiger partial charge in [-0.2, -0.15) is 0 Å². The van der Waals surface area contributed by atoms with Crippen LogP contribution in [0, 0.1) is 50.2 Å². The summed E-state index contributed by atoms with van der Waals surface area (Å²) in [7, 11) is 0. The van der Waals surface area contributed by atoms with Crippen LogP contribution in [0.5, 0.6) is 0 Å². The van der Waals surface area contributed by atoms with Gasteiger partial charge in [0.15, 0.2) is 30.6 Å². The summed E-state index contributed by atoms with van der Waals surface area (Å²) in [5.74, 6) is -4.47. The number of fused-ring (bicyclic) bond motifs is 7. The summed E-state index contributed by atoms with van der Waals surface area (Å²) in [6.07, 6.45) is -12.2. The van der Waals surface area contributed by atoms with Crippen LogP contribution in [0.2, 0.25) is 0 Å². The van der Waals surface area contributed by atoms with E-state index in [2.05, 4.69) is 27.7 Å². The first-order valence-electron chi connectivity index (χ1n) is 20.7. The third kappa shape index (κ3) is 6.25. The average molecular weight is 823 g/mol. The van der Waals surface area contributed by atoms with Crippen LogP contribution < -0.4 is 0 Å². The normalized spacial score (nSPS) is 52.6. The summed E-state index contributed by atoms with van der Waals surface area (Å²) in [5.41, 5.74) is -1.81. The molecule has 0 radical (unpaired) electrons. The molecule has 2 aliphatic heterocycles. The van der Waals surface area contributed by atoms with E-state index in [0.717, 1.165) is 37.7 Å². The molecule has 2 saturated heterocycles. The third-order valence-electron chi connectivity index (χ3n) is 17.2. The van der Waals surface area contributed by atoms with Crippen LogP contribution >= 0.6 is 0 Å². The molecule has 0 spiro atoms. The lowest BCUT2D eigenvalue weighted by atomic mass is 9.33. The van der Waals surface area contributed by atoms with Crippen LogP contribution in [-0.4, -0.2) is 132 Å². The van der Waals surface area contributed by atoms with Crippen molar-refractivity contribution >= 4 is 23.7 Å². The molecule has 19 atom stereocenters. The Bertz CT molecular complexity index is 1730. The van der Waals surface area contributed by atoms with Gasteiger partial charge < -0.3 is 59.8 Å². The number of aliphatic hydroxyl groups is 5. The van der Waals surface area contributed by atoms with E-state index in [1.807, 2.05) is 26.8 Å². The second kappa shape index (κ2) is 14.3. The van der Waals surface area contributed by atoms with Gasteiger partial charge >= 0.3 is 17.9 Å². The number of allylic oxidation sites excluding steroid dienone is 2. The Morgan fingerprint density at radius 3 is 1.88 bits per heavy atom. The molecule has 326 valence electrons. The molecular weight excluding hydrogens is 760 g/mol. The van der Waals surface area contributed by atoms with Crippen molar-refractivity contribution in [3.05, 3.63) is 11.6 Å². The van der Waals surface area contributed by atoms with Crippen molar-refractivity contribution in [3.8, 4) is 0 Å². The average Bonchev–Trinajstić information content (AvgIpc) is 3.13. The number of ether oxygens (including phenoxy) is 4. The minimum absolute atomic E-state index is 0.0217. The van der Waals surface area contributed by atoms with Gasteiger partial charge in [-0.25, -0.2) is 9.59 Å². The quantitative estimate of drug-likeness (QED) is 0.171. The van der Waals surface area contributed by atoms with Gasteiger partial charge in [0.1, 0.15) is 36.6 Å². The first-order valence-corrected chi connectivity index (χ1v) is 20.7. The molecule has 5 aliphatic carbocycles. The van der Waals surface area contributed by atoms with Crippen molar-refractivity contribution < 1.29 is 79.0 Å². The Morgan fingerprint density at radius 2 is 1.28 bits per heavy atom. The summed E-state index contributed by atoms with van der Waals surface area (Å²) in [6, 6.07) is 0. The molecule has 0 aromatic heterocycles. The number of carboxylic acids is 3. The SMILES string of the molecule is CC1(C)[C@@H](O[C@H]2OC(C(=O)O)[C@@H](O)C(O)[C@@H]2O[C@@H]2OC(C(=O)O)[C@@H](O)C(O)[C@@H]2O)CC[C@]2(C)[C@H]3C(=O)C=C4[C@@H]5C[C@@](C)(C(=O)O)CC[C@]5(C)CC[C@@]4(C)[C@]3(C)CC[C@@H]12. The molecule has 0 aromatic rings. The van der Waals surface area contributed by atoms with E-state index in [1.54, 1.807) is 0 Å². The van der Waals surface area contributed by atoms with E-state index >= 15 is 0 Å². The highest BCUT2D eigenvalue weighted by Gasteiger charge is 2.71. The second-order valence-electron chi connectivity index (χ2n) is 20.6. The van der Waals surface area contributed by atoms with E-state index in [9.17, 15) is 60.0 Å². The fourth-order valence-corrected chi connectivity index (χ4v) is 13.4. The van der Waals surface area contributed by atoms with Gasteiger partial charge in [-0.3, -0.25) is 9.59 Å². The summed E-state index contributed by atoms with van der Waals surface area (Å²) in [5, 5.41) is 83.0. The molecule has 7 aliphatic rings. The minimum Gasteiger partial charge on any atom is -0.481 e. The summed E-state index contributed by atoms with van der Waals surface area (Å²) >= 11 is 0. The van der Waals surface area contributed by atoms with Crippen molar-refractivity contribution in [2.75, 3.05) is 0 Å². The Hall–Kier alpha value is -2.54. The highest BCUT2D eigenvalue weighted by atomic mass is 16.8. The topological polar surface area (TPSA) is 267 Å². The van der Waals surface area contributed by atoms with Crippen LogP contribution in [0.3, 0.4) is 0 Å². The first kappa shape index (κ1) is 43.5. The lowest BCUT2D eigenvalue weighted by molar-refractivity contribution is -0.371. The molecule has 0 aromatic carbocycles. The zero-order valence-corrected chi connectivity index (χ0v) is 34.4. The molecule has 16 heteroatoms. The van der Waals surface area contributed by atoms with E-state index < -0.39 is 107 Å². The van der Waals surface area contributed by atoms with E-state index in [-0.39, 0.29) is 34.4 Å². The van der Waals surface area contributed by atoms with Crippen LogP contribution in [0.1, 0.15) is 106 Å². The van der Waals surface area contributed by atoms with E-state index in [0.29, 0.717) is 25.7 Å². The Balaban J connectivity index is 1.17. The summed E-state index contributed by atoms with van der Waals surface area (Å²) in [4.78, 5) is 51.3. The van der Waals surface area contributed by atoms with E-state index in [4.69, 9.17) is 18.9 Å². The first-order chi connectivity index (χ1) is 26.8. The number of hydrogen-bond donors (Lipinski definition) is 8. The Labute approximate surface area is 337 Å². The van der Waals surface area contributed by atoms with E-state index in [1.165, 1.54) is 0 Å². The van der Waals surface area contributed by atoms with Crippen molar-refractivity contribution in [2.45, 2.75) is 174 Å². The highest BCUT2D eigenvalue weighted by molar-refractivity contribution is 5.95. The zero-order valence-electron chi connectivity index (χ0n) is 34.4. The number of ketones is 1. The van der Waals surface area contributed by atoms with Gasteiger partial charge in [0.25, 0.3) is 0 Å². The van der Waals surface area contributed by atoms with Crippen molar-refractivity contribution in [1.82, 2.24) is 0 Å². The van der Waals surface area contributed by atoms with Gasteiger partial charge in [0, 0.05) is 5.92 Å². The second-order valence-corrected chi connectivity index (χ2v) is 20.6. The van der Waals surface area contributed by atoms with Crippen LogP contribution in [-0.2, 0) is 38.1 Å². The number of carboxylic acid groups (broad SMARTS) is 3. The highest BCUT2D eigenvalue weighted by Crippen LogP contribution is 2.75. The van der Waals surface area contributed by atoms with Gasteiger partial charge in [-0.1, -0.05) is 47.1 Å². The lowest BCUT2D eigenvalue weighted by Gasteiger charge is -2.70. The molecule has 58 heavy (non-hydrogen) atoms. The lowest BCUT2D eigenvalue weighted by Crippen LogP contribution is -2.68. The largest absolute Gasteiger partial charge is 0.481 e. The molecule has 4 unspecified atom stereocenters. The van der Waals surface area contributed by atoms with Crippen molar-refractivity contribution in [2.24, 2.45) is 50.2 Å². The number of aliphatic hydroxyl groups excluding tert-OH is 5. The predicted molar refractivity (Wildman–Crippen MR) is 199 cm³/mol. The number of hydrogen-bond acceptors (Lipinski definition) is 13. The van der Waals surface area contributed by atoms with Crippen molar-refractivity contribution in [1.29, 1.82) is 0 Å². The number of rotatable bonds is 7. The van der Waals surface area contributed by atoms with Crippen LogP contribution in [0.15, 0.2) is 11.6 Å². The fourth-order valence-electron chi connectivity index (χ4n) is 13.4. The van der Waals surface area contributed by atoms with Gasteiger partial charge in [0.2, 0.25) is 0 Å². The molecule has 0 amide bonds. The fraction of sp³-hybridized carbons (Fsp3) is 0.857. The van der Waals surface area contributed by atoms with Crippen LogP contribution in [0.4, 0.5) is 0 Å². The molecular formula is C42H62O16. The minimum atomic E-state index is -2.05. The Morgan fingerprint density at radius 1 is 0.690 bits per heavy atom. The number of carbonyl (C=O) groups is 4. The number of carbonyl (C=O) groups excluding carboxylic acids is 1. The van der Waals surface area contributed by atoms with Gasteiger partial charge in [-0.05, 0) is 110 Å². The third-order valence-corrected chi connectivity index (χ3v) is 17.2.